The molecule has 0 spiro atoms. The van der Waals surface area contributed by atoms with Gasteiger partial charge in [-0.05, 0) is 23.3 Å². The van der Waals surface area contributed by atoms with Crippen LogP contribution in [-0.4, -0.2) is 26.0 Å². The Hall–Kier alpha value is 0.810. The van der Waals surface area contributed by atoms with Crippen LogP contribution < -0.4 is 0 Å². The normalized spacial score (nSPS) is 14.9. The maximum Gasteiger partial charge on any atom is 0.0174 e. The first kappa shape index (κ1) is 11.8. The highest BCUT2D eigenvalue weighted by molar-refractivity contribution is 7.81. The number of thiol groups is 2. The lowest BCUT2D eigenvalue weighted by atomic mass is 9.92. The minimum absolute atomic E-state index is 0.163. The van der Waals surface area contributed by atoms with Crippen molar-refractivity contribution in [2.75, 3.05) is 17.3 Å². The standard InChI is InChI=1S/C6H14O2S3/c1-2-6(3-9,4-10)5-11(7)8/h9-10H,2-5H2,1H3,(H,7,8)/p-1. The van der Waals surface area contributed by atoms with Crippen LogP contribution in [0.25, 0.3) is 0 Å². The lowest BCUT2D eigenvalue weighted by molar-refractivity contribution is 0.410. The van der Waals surface area contributed by atoms with Crippen LogP contribution in [0.4, 0.5) is 0 Å². The molecule has 0 bridgehead atoms. The van der Waals surface area contributed by atoms with Crippen molar-refractivity contribution in [3.63, 3.8) is 0 Å². The smallest absolute Gasteiger partial charge is 0.0174 e. The van der Waals surface area contributed by atoms with Crippen LogP contribution in [-0.2, 0) is 11.1 Å². The van der Waals surface area contributed by atoms with E-state index >= 15 is 0 Å². The number of rotatable bonds is 5. The molecule has 0 rings (SSSR count). The van der Waals surface area contributed by atoms with Gasteiger partial charge in [-0.2, -0.15) is 25.3 Å². The molecule has 0 aliphatic rings. The minimum Gasteiger partial charge on any atom is -0.772 e. The lowest BCUT2D eigenvalue weighted by Gasteiger charge is -2.29. The van der Waals surface area contributed by atoms with Gasteiger partial charge in [0.15, 0.2) is 0 Å². The molecule has 0 heterocycles. The predicted molar refractivity (Wildman–Crippen MR) is 54.2 cm³/mol. The second-order valence-corrected chi connectivity index (χ2v) is 4.15. The lowest BCUT2D eigenvalue weighted by Crippen LogP contribution is -2.31. The Morgan fingerprint density at radius 2 is 1.91 bits per heavy atom. The van der Waals surface area contributed by atoms with E-state index in [2.05, 4.69) is 25.3 Å². The van der Waals surface area contributed by atoms with E-state index in [0.717, 1.165) is 6.42 Å². The second-order valence-electron chi connectivity index (χ2n) is 2.62. The van der Waals surface area contributed by atoms with Crippen molar-refractivity contribution in [2.45, 2.75) is 13.3 Å². The first-order chi connectivity index (χ1) is 5.10. The molecule has 11 heavy (non-hydrogen) atoms. The zero-order valence-electron chi connectivity index (χ0n) is 6.45. The molecule has 0 radical (unpaired) electrons. The minimum atomic E-state index is -1.98. The summed E-state index contributed by atoms with van der Waals surface area (Å²) in [4.78, 5) is 0. The van der Waals surface area contributed by atoms with Crippen LogP contribution in [0.1, 0.15) is 13.3 Å². The third-order valence-corrected chi connectivity index (χ3v) is 4.03. The van der Waals surface area contributed by atoms with Crippen molar-refractivity contribution < 1.29 is 8.76 Å². The predicted octanol–water partition coefficient (Wildman–Crippen LogP) is 1.12. The van der Waals surface area contributed by atoms with E-state index in [1.54, 1.807) is 0 Å². The number of hydrogen-bond acceptors (Lipinski definition) is 4. The summed E-state index contributed by atoms with van der Waals surface area (Å²) in [5, 5.41) is 0. The van der Waals surface area contributed by atoms with E-state index in [1.807, 2.05) is 6.92 Å². The van der Waals surface area contributed by atoms with Gasteiger partial charge < -0.3 is 4.55 Å². The Balaban J connectivity index is 4.16. The van der Waals surface area contributed by atoms with E-state index in [0.29, 0.717) is 11.5 Å². The summed E-state index contributed by atoms with van der Waals surface area (Å²) in [6, 6.07) is 0. The first-order valence-electron chi connectivity index (χ1n) is 3.38. The van der Waals surface area contributed by atoms with E-state index in [4.69, 9.17) is 0 Å². The van der Waals surface area contributed by atoms with Crippen molar-refractivity contribution in [2.24, 2.45) is 5.41 Å². The fourth-order valence-electron chi connectivity index (χ4n) is 0.717. The summed E-state index contributed by atoms with van der Waals surface area (Å²) in [7, 11) is 0. The molecule has 0 saturated carbocycles. The SMILES string of the molecule is CCC(CS)(CS)CS(=O)[O-]. The Labute approximate surface area is 81.3 Å². The zero-order valence-corrected chi connectivity index (χ0v) is 9.05. The van der Waals surface area contributed by atoms with Gasteiger partial charge in [-0.25, -0.2) is 0 Å². The average molecular weight is 213 g/mol. The van der Waals surface area contributed by atoms with Gasteiger partial charge in [-0.15, -0.1) is 0 Å². The van der Waals surface area contributed by atoms with Crippen molar-refractivity contribution in [3.8, 4) is 0 Å². The highest BCUT2D eigenvalue weighted by Crippen LogP contribution is 2.25. The van der Waals surface area contributed by atoms with Gasteiger partial charge >= 0.3 is 0 Å². The average Bonchev–Trinajstić information content (AvgIpc) is 2.00. The van der Waals surface area contributed by atoms with E-state index in [1.165, 1.54) is 0 Å². The van der Waals surface area contributed by atoms with E-state index in [9.17, 15) is 8.76 Å². The maximum atomic E-state index is 10.4. The largest absolute Gasteiger partial charge is 0.772 e. The molecule has 0 N–H and O–H groups in total. The quantitative estimate of drug-likeness (QED) is 0.531. The van der Waals surface area contributed by atoms with Gasteiger partial charge in [0, 0.05) is 5.75 Å². The fraction of sp³-hybridized carbons (Fsp3) is 1.00. The van der Waals surface area contributed by atoms with Gasteiger partial charge in [-0.1, -0.05) is 18.0 Å². The monoisotopic (exact) mass is 213 g/mol. The van der Waals surface area contributed by atoms with E-state index < -0.39 is 11.1 Å². The van der Waals surface area contributed by atoms with E-state index in [-0.39, 0.29) is 11.2 Å². The Morgan fingerprint density at radius 1 is 1.45 bits per heavy atom. The summed E-state index contributed by atoms with van der Waals surface area (Å²) in [5.74, 6) is 1.30. The fourth-order valence-corrected chi connectivity index (χ4v) is 3.00. The van der Waals surface area contributed by atoms with Crippen LogP contribution in [0.5, 0.6) is 0 Å². The summed E-state index contributed by atoms with van der Waals surface area (Å²) >= 11 is 6.25. The topological polar surface area (TPSA) is 40.1 Å². The zero-order chi connectivity index (χ0) is 8.91. The maximum absolute atomic E-state index is 10.4. The molecule has 0 aliphatic heterocycles. The molecule has 0 aromatic heterocycles. The van der Waals surface area contributed by atoms with Crippen LogP contribution in [0.3, 0.4) is 0 Å². The molecular weight excluding hydrogens is 200 g/mol. The summed E-state index contributed by atoms with van der Waals surface area (Å²) in [6.45, 7) is 1.96. The van der Waals surface area contributed by atoms with Crippen LogP contribution in [0.2, 0.25) is 0 Å². The summed E-state index contributed by atoms with van der Waals surface area (Å²) < 4.78 is 20.8. The number of hydrogen-bond donors (Lipinski definition) is 2. The third-order valence-electron chi connectivity index (χ3n) is 1.84. The Morgan fingerprint density at radius 3 is 2.00 bits per heavy atom. The highest BCUT2D eigenvalue weighted by atomic mass is 32.2. The van der Waals surface area contributed by atoms with Crippen molar-refractivity contribution in [3.05, 3.63) is 0 Å². The molecule has 1 atom stereocenters. The van der Waals surface area contributed by atoms with Crippen LogP contribution in [0, 0.1) is 5.41 Å². The highest BCUT2D eigenvalue weighted by Gasteiger charge is 2.24. The molecule has 0 aromatic rings. The van der Waals surface area contributed by atoms with Crippen LogP contribution in [0.15, 0.2) is 0 Å². The molecule has 0 saturated heterocycles. The van der Waals surface area contributed by atoms with Crippen molar-refractivity contribution in [1.82, 2.24) is 0 Å². The van der Waals surface area contributed by atoms with Gasteiger partial charge in [0.1, 0.15) is 0 Å². The molecule has 68 valence electrons. The molecule has 1 unspecified atom stereocenters. The van der Waals surface area contributed by atoms with Crippen molar-refractivity contribution >= 4 is 36.3 Å². The molecule has 0 amide bonds. The third kappa shape index (κ3) is 3.83. The molecule has 2 nitrogen and oxygen atoms in total. The molecule has 0 aromatic carbocycles. The van der Waals surface area contributed by atoms with Gasteiger partial charge in [0.2, 0.25) is 0 Å². The Kier molecular flexibility index (Phi) is 5.86. The molecular formula is C6H13O2S3-. The van der Waals surface area contributed by atoms with Crippen LogP contribution >= 0.6 is 25.3 Å². The van der Waals surface area contributed by atoms with Gasteiger partial charge in [0.25, 0.3) is 0 Å². The summed E-state index contributed by atoms with van der Waals surface area (Å²) in [5.41, 5.74) is -0.237. The second kappa shape index (κ2) is 5.45. The van der Waals surface area contributed by atoms with Gasteiger partial charge in [0.05, 0.1) is 0 Å². The molecule has 5 heteroatoms. The van der Waals surface area contributed by atoms with Gasteiger partial charge in [-0.3, -0.25) is 4.21 Å². The molecule has 0 aliphatic carbocycles. The Bertz CT molecular complexity index is 126. The first-order valence-corrected chi connectivity index (χ1v) is 5.88. The van der Waals surface area contributed by atoms with Crippen molar-refractivity contribution in [1.29, 1.82) is 0 Å². The summed E-state index contributed by atoms with van der Waals surface area (Å²) in [6.07, 6.45) is 0.800. The molecule has 0 fully saturated rings.